The van der Waals surface area contributed by atoms with Crippen LogP contribution in [-0.4, -0.2) is 25.4 Å². The Labute approximate surface area is 39.1 Å². The summed E-state index contributed by atoms with van der Waals surface area (Å²) in [6.45, 7) is -0.509. The first-order valence-corrected chi connectivity index (χ1v) is 1.86. The minimum absolute atomic E-state index is 0.399. The van der Waals surface area contributed by atoms with Crippen LogP contribution in [0.4, 0.5) is 0 Å². The highest BCUT2D eigenvalue weighted by atomic mass is 16.5. The molecule has 0 aliphatic carbocycles. The predicted molar refractivity (Wildman–Crippen MR) is 23.6 cm³/mol. The summed E-state index contributed by atoms with van der Waals surface area (Å²) in [6, 6.07) is 0. The molecule has 0 bridgehead atoms. The molecule has 38 valence electrons. The Balaban J connectivity index is 2.68. The number of rotatable bonds is 3. The zero-order valence-corrected chi connectivity index (χ0v) is 3.85. The Bertz CT molecular complexity index is 38.7. The topological polar surface area (TPSA) is 29.5 Å². The van der Waals surface area contributed by atoms with Gasteiger partial charge in [-0.1, -0.05) is 0 Å². The van der Waals surface area contributed by atoms with Crippen LogP contribution >= 0.6 is 0 Å². The highest BCUT2D eigenvalue weighted by Gasteiger charge is 1.75. The van der Waals surface area contributed by atoms with Crippen molar-refractivity contribution >= 4 is 0 Å². The van der Waals surface area contributed by atoms with E-state index in [-0.39, 0.29) is 0 Å². The summed E-state index contributed by atoms with van der Waals surface area (Å²) in [7, 11) is 1.54. The van der Waals surface area contributed by atoms with Gasteiger partial charge in [0.1, 0.15) is 0 Å². The molecule has 6 heavy (non-hydrogen) atoms. The zero-order chi connectivity index (χ0) is 5.70. The second kappa shape index (κ2) is 4.92. The van der Waals surface area contributed by atoms with E-state index in [0.29, 0.717) is 13.0 Å². The summed E-state index contributed by atoms with van der Waals surface area (Å²) in [4.78, 5) is 0. The summed E-state index contributed by atoms with van der Waals surface area (Å²) in [5.41, 5.74) is 0. The highest BCUT2D eigenvalue weighted by molar-refractivity contribution is 4.25. The Morgan fingerprint density at radius 2 is 2.67 bits per heavy atom. The second-order valence-corrected chi connectivity index (χ2v) is 0.964. The van der Waals surface area contributed by atoms with Gasteiger partial charge in [0.25, 0.3) is 0 Å². The van der Waals surface area contributed by atoms with Gasteiger partial charge in [0, 0.05) is 20.3 Å². The molecule has 0 aromatic heterocycles. The van der Waals surface area contributed by atoms with Crippen LogP contribution < -0.4 is 0 Å². The van der Waals surface area contributed by atoms with Crippen LogP contribution in [0.1, 0.15) is 7.79 Å². The molecule has 2 nitrogen and oxygen atoms in total. The van der Waals surface area contributed by atoms with Gasteiger partial charge in [-0.3, -0.25) is 0 Å². The Morgan fingerprint density at radius 3 is 2.83 bits per heavy atom. The molecule has 1 unspecified atom stereocenters. The summed E-state index contributed by atoms with van der Waals surface area (Å²) in [5.74, 6) is 0. The lowest BCUT2D eigenvalue weighted by molar-refractivity contribution is 0.166. The van der Waals surface area contributed by atoms with Crippen molar-refractivity contribution in [1.82, 2.24) is 0 Å². The fraction of sp³-hybridized carbons (Fsp3) is 1.00. The molecule has 2 heteroatoms. The van der Waals surface area contributed by atoms with Gasteiger partial charge < -0.3 is 9.84 Å². The van der Waals surface area contributed by atoms with E-state index in [2.05, 4.69) is 4.74 Å². The van der Waals surface area contributed by atoms with Gasteiger partial charge in [-0.15, -0.1) is 0 Å². The molecular weight excluding hydrogens is 80.0 g/mol. The maximum absolute atomic E-state index is 8.27. The van der Waals surface area contributed by atoms with E-state index in [9.17, 15) is 0 Å². The van der Waals surface area contributed by atoms with Crippen molar-refractivity contribution in [3.8, 4) is 0 Å². The molecule has 0 saturated carbocycles. The van der Waals surface area contributed by atoms with Gasteiger partial charge in [0.05, 0.1) is 1.37 Å². The maximum atomic E-state index is 8.27. The Morgan fingerprint density at radius 1 is 2.00 bits per heavy atom. The van der Waals surface area contributed by atoms with Gasteiger partial charge in [0.15, 0.2) is 0 Å². The van der Waals surface area contributed by atoms with Crippen LogP contribution in [0, 0.1) is 0 Å². The third kappa shape index (κ3) is 3.92. The van der Waals surface area contributed by atoms with Crippen LogP contribution in [0.15, 0.2) is 0 Å². The van der Waals surface area contributed by atoms with E-state index in [4.69, 9.17) is 6.48 Å². The minimum Gasteiger partial charge on any atom is -0.396 e. The fourth-order valence-corrected chi connectivity index (χ4v) is 0.171. The zero-order valence-electron chi connectivity index (χ0n) is 4.85. The van der Waals surface area contributed by atoms with Crippen LogP contribution in [0.25, 0.3) is 0 Å². The van der Waals surface area contributed by atoms with Crippen molar-refractivity contribution in [2.45, 2.75) is 6.42 Å². The molecule has 0 heterocycles. The molecule has 0 aliphatic heterocycles. The molecule has 0 radical (unpaired) electrons. The number of methoxy groups -OCH3 is 1. The molecule has 0 aliphatic rings. The number of ether oxygens (including phenoxy) is 1. The van der Waals surface area contributed by atoms with Crippen molar-refractivity contribution in [3.05, 3.63) is 0 Å². The summed E-state index contributed by atoms with van der Waals surface area (Å²) in [6.07, 6.45) is 0.399. The first-order chi connectivity index (χ1) is 3.27. The standard InChI is InChI=1S/C4H10O2/c1-6-4-2-3-5/h5H,2-4H2,1H3/i3D. The predicted octanol–water partition coefficient (Wildman–Crippen LogP) is 0.0152. The first-order valence-electron chi connectivity index (χ1n) is 2.44. The molecule has 0 rings (SSSR count). The Hall–Kier alpha value is -0.0800. The number of aliphatic hydroxyl groups excluding tert-OH is 1. The van der Waals surface area contributed by atoms with Crippen molar-refractivity contribution in [3.63, 3.8) is 0 Å². The van der Waals surface area contributed by atoms with Crippen LogP contribution in [0.5, 0.6) is 0 Å². The van der Waals surface area contributed by atoms with E-state index in [1.807, 2.05) is 0 Å². The van der Waals surface area contributed by atoms with E-state index in [0.717, 1.165) is 0 Å². The SMILES string of the molecule is [2H]C(O)CCOC. The van der Waals surface area contributed by atoms with Crippen molar-refractivity contribution in [1.29, 1.82) is 0 Å². The molecule has 0 aromatic rings. The van der Waals surface area contributed by atoms with E-state index in [1.54, 1.807) is 7.11 Å². The fourth-order valence-electron chi connectivity index (χ4n) is 0.171. The summed E-state index contributed by atoms with van der Waals surface area (Å²) >= 11 is 0. The van der Waals surface area contributed by atoms with Crippen LogP contribution in [0.3, 0.4) is 0 Å². The third-order valence-corrected chi connectivity index (χ3v) is 0.451. The van der Waals surface area contributed by atoms with Crippen molar-refractivity contribution in [2.24, 2.45) is 0 Å². The Kier molecular flexibility index (Phi) is 3.35. The van der Waals surface area contributed by atoms with Crippen LogP contribution in [-0.2, 0) is 4.74 Å². The number of aliphatic hydroxyl groups is 1. The molecule has 1 N–H and O–H groups in total. The van der Waals surface area contributed by atoms with Gasteiger partial charge in [0.2, 0.25) is 0 Å². The average Bonchev–Trinajstić information content (AvgIpc) is 1.61. The molecule has 0 fully saturated rings. The van der Waals surface area contributed by atoms with Gasteiger partial charge in [-0.25, -0.2) is 0 Å². The molecule has 0 amide bonds. The second-order valence-electron chi connectivity index (χ2n) is 0.964. The molecule has 1 atom stereocenters. The lowest BCUT2D eigenvalue weighted by Crippen LogP contribution is -1.90. The summed E-state index contributed by atoms with van der Waals surface area (Å²) < 4.78 is 11.1. The highest BCUT2D eigenvalue weighted by Crippen LogP contribution is 1.72. The lowest BCUT2D eigenvalue weighted by atomic mass is 10.5. The van der Waals surface area contributed by atoms with Gasteiger partial charge in [-0.2, -0.15) is 0 Å². The van der Waals surface area contributed by atoms with Crippen LogP contribution in [0.2, 0.25) is 0 Å². The third-order valence-electron chi connectivity index (χ3n) is 0.451. The van der Waals surface area contributed by atoms with Crippen molar-refractivity contribution < 1.29 is 11.2 Å². The van der Waals surface area contributed by atoms with Gasteiger partial charge >= 0.3 is 0 Å². The maximum Gasteiger partial charge on any atom is 0.0565 e. The number of hydrogen-bond donors (Lipinski definition) is 1. The van der Waals surface area contributed by atoms with E-state index < -0.39 is 6.58 Å². The molecule has 0 aromatic carbocycles. The monoisotopic (exact) mass is 91.1 g/mol. The number of hydrogen-bond acceptors (Lipinski definition) is 2. The molecule has 0 spiro atoms. The smallest absolute Gasteiger partial charge is 0.0565 e. The van der Waals surface area contributed by atoms with Gasteiger partial charge in [-0.05, 0) is 6.42 Å². The minimum atomic E-state index is -0.972. The first kappa shape index (κ1) is 4.09. The van der Waals surface area contributed by atoms with Crippen molar-refractivity contribution in [2.75, 3.05) is 20.3 Å². The van der Waals surface area contributed by atoms with E-state index in [1.165, 1.54) is 0 Å². The molecular formula is C4H10O2. The average molecular weight is 91.1 g/mol. The van der Waals surface area contributed by atoms with E-state index >= 15 is 0 Å². The quantitative estimate of drug-likeness (QED) is 0.530. The lowest BCUT2D eigenvalue weighted by Gasteiger charge is -1.89. The normalized spacial score (nSPS) is 16.7. The largest absolute Gasteiger partial charge is 0.396 e. The molecule has 0 saturated heterocycles. The summed E-state index contributed by atoms with van der Waals surface area (Å²) in [5, 5.41) is 8.27.